The van der Waals surface area contributed by atoms with Gasteiger partial charge in [-0.3, -0.25) is 10.3 Å². The Bertz CT molecular complexity index is 573. The Hall–Kier alpha value is -1.95. The number of carbonyl (C=O) groups excluding carboxylic acids is 1. The monoisotopic (exact) mass is 302 g/mol. The Morgan fingerprint density at radius 1 is 1.24 bits per heavy atom. The highest BCUT2D eigenvalue weighted by Crippen LogP contribution is 2.30. The third kappa shape index (κ3) is 3.39. The van der Waals surface area contributed by atoms with E-state index in [1.54, 1.807) is 18.6 Å². The molecule has 1 N–H and O–H groups in total. The molecule has 2 amide bonds. The van der Waals surface area contributed by atoms with Crippen LogP contribution >= 0.6 is 11.3 Å². The van der Waals surface area contributed by atoms with Crippen molar-refractivity contribution in [3.8, 4) is 0 Å². The summed E-state index contributed by atoms with van der Waals surface area (Å²) in [6.07, 6.45) is 9.64. The first-order chi connectivity index (χ1) is 10.3. The van der Waals surface area contributed by atoms with E-state index >= 15 is 0 Å². The van der Waals surface area contributed by atoms with Crippen LogP contribution in [-0.4, -0.2) is 27.4 Å². The minimum atomic E-state index is -0.0614. The van der Waals surface area contributed by atoms with Gasteiger partial charge >= 0.3 is 6.03 Å². The summed E-state index contributed by atoms with van der Waals surface area (Å²) in [7, 11) is 0. The van der Waals surface area contributed by atoms with Crippen LogP contribution in [0.2, 0.25) is 0 Å². The van der Waals surface area contributed by atoms with E-state index in [1.807, 2.05) is 22.4 Å². The molecule has 1 saturated heterocycles. The van der Waals surface area contributed by atoms with Gasteiger partial charge in [0.2, 0.25) is 0 Å². The highest BCUT2D eigenvalue weighted by Gasteiger charge is 2.27. The number of urea groups is 1. The molecule has 3 rings (SSSR count). The lowest BCUT2D eigenvalue weighted by Gasteiger charge is -2.30. The molecule has 0 unspecified atom stereocenters. The number of rotatable bonds is 2. The molecule has 6 heteroatoms. The summed E-state index contributed by atoms with van der Waals surface area (Å²) in [4.78, 5) is 22.7. The minimum absolute atomic E-state index is 0.0614. The van der Waals surface area contributed by atoms with E-state index in [0.717, 1.165) is 31.4 Å². The number of hydrogen-bond donors (Lipinski definition) is 1. The summed E-state index contributed by atoms with van der Waals surface area (Å²) in [5, 5.41) is 5.41. The smallest absolute Gasteiger partial charge is 0.317 e. The number of carbonyl (C=O) groups is 1. The fourth-order valence-corrected chi connectivity index (χ4v) is 3.25. The van der Waals surface area contributed by atoms with Crippen molar-refractivity contribution >= 4 is 22.5 Å². The summed E-state index contributed by atoms with van der Waals surface area (Å²) >= 11 is 1.44. The van der Waals surface area contributed by atoms with E-state index in [4.69, 9.17) is 0 Å². The number of hydrogen-bond acceptors (Lipinski definition) is 4. The molecule has 0 spiro atoms. The average molecular weight is 302 g/mol. The Morgan fingerprint density at radius 2 is 2.10 bits per heavy atom. The zero-order valence-electron chi connectivity index (χ0n) is 11.7. The Labute approximate surface area is 128 Å². The van der Waals surface area contributed by atoms with Crippen LogP contribution < -0.4 is 5.32 Å². The van der Waals surface area contributed by atoms with Gasteiger partial charge in [0, 0.05) is 30.5 Å². The van der Waals surface area contributed by atoms with Gasteiger partial charge in [0.05, 0.1) is 6.04 Å². The van der Waals surface area contributed by atoms with Gasteiger partial charge < -0.3 is 4.90 Å². The fraction of sp³-hybridized carbons (Fsp3) is 0.400. The molecule has 5 nitrogen and oxygen atoms in total. The van der Waals surface area contributed by atoms with Gasteiger partial charge in [-0.25, -0.2) is 9.78 Å². The van der Waals surface area contributed by atoms with Crippen LogP contribution in [0.25, 0.3) is 0 Å². The maximum Gasteiger partial charge on any atom is 0.324 e. The Balaban J connectivity index is 1.80. The predicted octanol–water partition coefficient (Wildman–Crippen LogP) is 3.69. The fourth-order valence-electron chi connectivity index (χ4n) is 2.73. The highest BCUT2D eigenvalue weighted by atomic mass is 32.1. The molecule has 0 radical (unpaired) electrons. The highest BCUT2D eigenvalue weighted by molar-refractivity contribution is 7.13. The van der Waals surface area contributed by atoms with Gasteiger partial charge in [0.15, 0.2) is 5.13 Å². The van der Waals surface area contributed by atoms with Crippen molar-refractivity contribution in [2.24, 2.45) is 0 Å². The minimum Gasteiger partial charge on any atom is -0.317 e. The number of likely N-dealkylation sites (tertiary alicyclic amines) is 1. The summed E-state index contributed by atoms with van der Waals surface area (Å²) in [5.74, 6) is 0. The van der Waals surface area contributed by atoms with E-state index in [1.165, 1.54) is 17.8 Å². The second-order valence-corrected chi connectivity index (χ2v) is 6.00. The second kappa shape index (κ2) is 6.67. The number of aromatic nitrogens is 2. The molecule has 2 aromatic rings. The molecule has 0 aliphatic carbocycles. The van der Waals surface area contributed by atoms with Gasteiger partial charge in [0.1, 0.15) is 0 Å². The molecular formula is C15H18N4OS. The zero-order chi connectivity index (χ0) is 14.5. The quantitative estimate of drug-likeness (QED) is 0.920. The largest absolute Gasteiger partial charge is 0.324 e. The van der Waals surface area contributed by atoms with Crippen molar-refractivity contribution < 1.29 is 4.79 Å². The number of amides is 2. The number of anilines is 1. The van der Waals surface area contributed by atoms with E-state index in [9.17, 15) is 4.79 Å². The Morgan fingerprint density at radius 3 is 2.86 bits per heavy atom. The summed E-state index contributed by atoms with van der Waals surface area (Å²) < 4.78 is 0. The number of nitrogens with zero attached hydrogens (tertiary/aromatic N) is 3. The number of thiazole rings is 1. The van der Waals surface area contributed by atoms with Crippen molar-refractivity contribution in [1.82, 2.24) is 14.9 Å². The normalized spacial score (nSPS) is 19.0. The maximum atomic E-state index is 12.6. The van der Waals surface area contributed by atoms with Crippen molar-refractivity contribution in [2.75, 3.05) is 11.9 Å². The molecule has 1 aliphatic rings. The van der Waals surface area contributed by atoms with Crippen molar-refractivity contribution in [3.63, 3.8) is 0 Å². The van der Waals surface area contributed by atoms with Crippen LogP contribution in [0.1, 0.15) is 37.3 Å². The van der Waals surface area contributed by atoms with Crippen molar-refractivity contribution in [1.29, 1.82) is 0 Å². The van der Waals surface area contributed by atoms with Crippen LogP contribution in [0.15, 0.2) is 36.1 Å². The summed E-state index contributed by atoms with van der Waals surface area (Å²) in [6, 6.07) is 4.06. The van der Waals surface area contributed by atoms with Gasteiger partial charge in [-0.05, 0) is 30.5 Å². The third-order valence-electron chi connectivity index (χ3n) is 3.75. The maximum absolute atomic E-state index is 12.6. The zero-order valence-corrected chi connectivity index (χ0v) is 12.6. The van der Waals surface area contributed by atoms with E-state index in [0.29, 0.717) is 5.13 Å². The second-order valence-electron chi connectivity index (χ2n) is 5.11. The molecular weight excluding hydrogens is 284 g/mol. The lowest BCUT2D eigenvalue weighted by molar-refractivity contribution is 0.189. The van der Waals surface area contributed by atoms with Gasteiger partial charge in [-0.2, -0.15) is 0 Å². The molecule has 21 heavy (non-hydrogen) atoms. The molecule has 2 aromatic heterocycles. The van der Waals surface area contributed by atoms with Crippen molar-refractivity contribution in [2.45, 2.75) is 31.7 Å². The van der Waals surface area contributed by atoms with Crippen LogP contribution in [0.4, 0.5) is 9.93 Å². The molecule has 110 valence electrons. The van der Waals surface area contributed by atoms with E-state index in [-0.39, 0.29) is 12.1 Å². The van der Waals surface area contributed by atoms with E-state index < -0.39 is 0 Å². The van der Waals surface area contributed by atoms with Gasteiger partial charge in [-0.15, -0.1) is 11.3 Å². The van der Waals surface area contributed by atoms with Crippen molar-refractivity contribution in [3.05, 3.63) is 41.7 Å². The van der Waals surface area contributed by atoms with E-state index in [2.05, 4.69) is 15.3 Å². The first kappa shape index (κ1) is 14.0. The average Bonchev–Trinajstić information content (AvgIpc) is 2.89. The SMILES string of the molecule is O=C(Nc1nccs1)N1CCCCC[C@H]1c1ccncc1. The summed E-state index contributed by atoms with van der Waals surface area (Å²) in [6.45, 7) is 0.782. The predicted molar refractivity (Wildman–Crippen MR) is 83.3 cm³/mol. The molecule has 0 saturated carbocycles. The van der Waals surface area contributed by atoms with Gasteiger partial charge in [-0.1, -0.05) is 12.8 Å². The molecule has 0 aromatic carbocycles. The lowest BCUT2D eigenvalue weighted by Crippen LogP contribution is -2.38. The lowest BCUT2D eigenvalue weighted by atomic mass is 10.0. The van der Waals surface area contributed by atoms with Crippen LogP contribution in [0, 0.1) is 0 Å². The topological polar surface area (TPSA) is 58.1 Å². The molecule has 0 bridgehead atoms. The molecule has 1 atom stereocenters. The third-order valence-corrected chi connectivity index (χ3v) is 4.44. The van der Waals surface area contributed by atoms with Crippen LogP contribution in [0.5, 0.6) is 0 Å². The standard InChI is InChI=1S/C15H18N4OS/c20-15(18-14-17-9-11-21-14)19-10-3-1-2-4-13(19)12-5-7-16-8-6-12/h5-9,11,13H,1-4,10H2,(H,17,18,20)/t13-/m0/s1. The molecule has 1 fully saturated rings. The Kier molecular flexibility index (Phi) is 4.45. The first-order valence-electron chi connectivity index (χ1n) is 7.21. The van der Waals surface area contributed by atoms with Crippen LogP contribution in [-0.2, 0) is 0 Å². The molecule has 3 heterocycles. The number of nitrogens with one attached hydrogen (secondary N) is 1. The van der Waals surface area contributed by atoms with Crippen LogP contribution in [0.3, 0.4) is 0 Å². The summed E-state index contributed by atoms with van der Waals surface area (Å²) in [5.41, 5.74) is 1.15. The molecule has 1 aliphatic heterocycles. The first-order valence-corrected chi connectivity index (χ1v) is 8.09. The number of pyridine rings is 1. The van der Waals surface area contributed by atoms with Gasteiger partial charge in [0.25, 0.3) is 0 Å².